The predicted molar refractivity (Wildman–Crippen MR) is 112 cm³/mol. The third-order valence-electron chi connectivity index (χ3n) is 5.20. The lowest BCUT2D eigenvalue weighted by atomic mass is 9.93. The Hall–Kier alpha value is -2.14. The minimum Gasteiger partial charge on any atom is -0.462 e. The van der Waals surface area contributed by atoms with Gasteiger partial charge in [-0.2, -0.15) is 0 Å². The van der Waals surface area contributed by atoms with E-state index in [1.807, 2.05) is 18.2 Å². The van der Waals surface area contributed by atoms with Crippen LogP contribution in [0.5, 0.6) is 0 Å². The first-order valence-corrected chi connectivity index (χ1v) is 10.0. The average Bonchev–Trinajstić information content (AvgIpc) is 3.35. The topological polar surface area (TPSA) is 45.8 Å². The third-order valence-corrected chi connectivity index (χ3v) is 5.20. The summed E-state index contributed by atoms with van der Waals surface area (Å²) in [7, 11) is 0. The van der Waals surface area contributed by atoms with Gasteiger partial charge < -0.3 is 14.3 Å². The second-order valence-corrected chi connectivity index (χ2v) is 7.57. The summed E-state index contributed by atoms with van der Waals surface area (Å²) in [6.07, 6.45) is 6.79. The molecule has 1 aliphatic heterocycles. The number of ether oxygens (including phenoxy) is 1. The Balaban J connectivity index is 1.73. The number of hydrogen-bond donors (Lipinski definition) is 1. The van der Waals surface area contributed by atoms with E-state index in [4.69, 9.17) is 9.15 Å². The summed E-state index contributed by atoms with van der Waals surface area (Å²) < 4.78 is 11.9. The highest BCUT2D eigenvalue weighted by atomic mass is 16.5. The molecule has 1 aromatic heterocycles. The van der Waals surface area contributed by atoms with E-state index in [-0.39, 0.29) is 6.10 Å². The fourth-order valence-electron chi connectivity index (χ4n) is 3.80. The Morgan fingerprint density at radius 2 is 1.82 bits per heavy atom. The molecule has 1 aromatic carbocycles. The van der Waals surface area contributed by atoms with Gasteiger partial charge in [-0.1, -0.05) is 42.5 Å². The lowest BCUT2D eigenvalue weighted by molar-refractivity contribution is 0.0177. The van der Waals surface area contributed by atoms with E-state index in [2.05, 4.69) is 42.3 Å². The molecule has 0 radical (unpaired) electrons. The molecule has 1 atom stereocenters. The van der Waals surface area contributed by atoms with Crippen LogP contribution in [0, 0.1) is 0 Å². The molecule has 1 saturated heterocycles. The Labute approximate surface area is 168 Å². The van der Waals surface area contributed by atoms with E-state index in [0.29, 0.717) is 25.1 Å². The van der Waals surface area contributed by atoms with Crippen molar-refractivity contribution in [2.75, 3.05) is 13.2 Å². The van der Waals surface area contributed by atoms with E-state index >= 15 is 0 Å². The van der Waals surface area contributed by atoms with Crippen molar-refractivity contribution >= 4 is 0 Å². The largest absolute Gasteiger partial charge is 0.462 e. The zero-order valence-electron chi connectivity index (χ0n) is 16.6. The molecule has 0 bridgehead atoms. The van der Waals surface area contributed by atoms with Crippen molar-refractivity contribution in [1.29, 1.82) is 0 Å². The van der Waals surface area contributed by atoms with E-state index in [9.17, 15) is 5.11 Å². The minimum atomic E-state index is -1.08. The molecule has 4 nitrogen and oxygen atoms in total. The van der Waals surface area contributed by atoms with Crippen molar-refractivity contribution in [3.05, 3.63) is 84.9 Å². The maximum absolute atomic E-state index is 10.9. The molecule has 0 spiro atoms. The highest BCUT2D eigenvalue weighted by Crippen LogP contribution is 2.31. The van der Waals surface area contributed by atoms with E-state index in [1.165, 1.54) is 5.56 Å². The Kier molecular flexibility index (Phi) is 7.26. The zero-order valence-corrected chi connectivity index (χ0v) is 16.6. The predicted octanol–water partition coefficient (Wildman–Crippen LogP) is 4.80. The maximum Gasteiger partial charge on any atom is 0.136 e. The fraction of sp³-hybridized carbons (Fsp3) is 0.417. The number of benzene rings is 1. The standard InChI is InChI=1S/C24H31NO3/c1-3-14-24(26,15-4-2)23-13-12-22(28-23)19-25(18-21-11-8-16-27-21)17-20-9-6-5-7-10-20/h3-7,9-10,12-13,21,26H,1-2,8,11,14-19H2. The second kappa shape index (κ2) is 9.87. The van der Waals surface area contributed by atoms with Gasteiger partial charge in [0.1, 0.15) is 17.1 Å². The van der Waals surface area contributed by atoms with Crippen LogP contribution in [0.3, 0.4) is 0 Å². The maximum atomic E-state index is 10.9. The zero-order chi connectivity index (χ0) is 19.8. The second-order valence-electron chi connectivity index (χ2n) is 7.57. The van der Waals surface area contributed by atoms with Crippen LogP contribution < -0.4 is 0 Å². The summed E-state index contributed by atoms with van der Waals surface area (Å²) in [5.41, 5.74) is 0.183. The van der Waals surface area contributed by atoms with Crippen LogP contribution in [0.15, 0.2) is 72.2 Å². The van der Waals surface area contributed by atoms with Crippen LogP contribution in [0.4, 0.5) is 0 Å². The molecule has 1 aliphatic rings. The van der Waals surface area contributed by atoms with Crippen LogP contribution in [0.25, 0.3) is 0 Å². The molecule has 1 fully saturated rings. The lowest BCUT2D eigenvalue weighted by Crippen LogP contribution is -2.31. The van der Waals surface area contributed by atoms with Gasteiger partial charge in [0.25, 0.3) is 0 Å². The minimum absolute atomic E-state index is 0.275. The highest BCUT2D eigenvalue weighted by molar-refractivity contribution is 5.18. The van der Waals surface area contributed by atoms with Crippen molar-refractivity contribution in [2.24, 2.45) is 0 Å². The Morgan fingerprint density at radius 1 is 1.07 bits per heavy atom. The molecule has 2 heterocycles. The van der Waals surface area contributed by atoms with Crippen LogP contribution in [-0.2, 0) is 23.4 Å². The first-order chi connectivity index (χ1) is 13.6. The van der Waals surface area contributed by atoms with Gasteiger partial charge in [-0.25, -0.2) is 0 Å². The molecule has 1 unspecified atom stereocenters. The molecule has 1 N–H and O–H groups in total. The van der Waals surface area contributed by atoms with Gasteiger partial charge in [-0.15, -0.1) is 13.2 Å². The SMILES string of the molecule is C=CCC(O)(CC=C)c1ccc(CN(Cc2ccccc2)CC2CCCO2)o1. The van der Waals surface area contributed by atoms with E-state index in [1.54, 1.807) is 12.2 Å². The summed E-state index contributed by atoms with van der Waals surface area (Å²) in [5, 5.41) is 10.9. The van der Waals surface area contributed by atoms with Gasteiger partial charge in [0.2, 0.25) is 0 Å². The molecule has 0 saturated carbocycles. The summed E-state index contributed by atoms with van der Waals surface area (Å²) >= 11 is 0. The highest BCUT2D eigenvalue weighted by Gasteiger charge is 2.30. The van der Waals surface area contributed by atoms with Crippen molar-refractivity contribution in [3.8, 4) is 0 Å². The summed E-state index contributed by atoms with van der Waals surface area (Å²) in [6.45, 7) is 10.7. The van der Waals surface area contributed by atoms with Crippen LogP contribution in [-0.4, -0.2) is 29.3 Å². The fourth-order valence-corrected chi connectivity index (χ4v) is 3.80. The van der Waals surface area contributed by atoms with Gasteiger partial charge in [-0.05, 0) is 30.5 Å². The third kappa shape index (κ3) is 5.44. The number of nitrogens with zero attached hydrogens (tertiary/aromatic N) is 1. The Bertz CT molecular complexity index is 736. The molecule has 0 aliphatic carbocycles. The number of hydrogen-bond acceptors (Lipinski definition) is 4. The van der Waals surface area contributed by atoms with Gasteiger partial charge in [0.15, 0.2) is 0 Å². The molecular formula is C24H31NO3. The van der Waals surface area contributed by atoms with E-state index < -0.39 is 5.60 Å². The van der Waals surface area contributed by atoms with Crippen molar-refractivity contribution < 1.29 is 14.3 Å². The molecular weight excluding hydrogens is 350 g/mol. The normalized spacial score (nSPS) is 17.1. The van der Waals surface area contributed by atoms with Crippen molar-refractivity contribution in [1.82, 2.24) is 4.90 Å². The average molecular weight is 382 g/mol. The van der Waals surface area contributed by atoms with Gasteiger partial charge >= 0.3 is 0 Å². The molecule has 150 valence electrons. The number of rotatable bonds is 11. The quantitative estimate of drug-likeness (QED) is 0.568. The first kappa shape index (κ1) is 20.6. The summed E-state index contributed by atoms with van der Waals surface area (Å²) in [5.74, 6) is 1.41. The van der Waals surface area contributed by atoms with Crippen LogP contribution >= 0.6 is 0 Å². The van der Waals surface area contributed by atoms with Crippen molar-refractivity contribution in [3.63, 3.8) is 0 Å². The monoisotopic (exact) mass is 381 g/mol. The van der Waals surface area contributed by atoms with Gasteiger partial charge in [0, 0.05) is 32.5 Å². The summed E-state index contributed by atoms with van der Waals surface area (Å²) in [6, 6.07) is 14.3. The Morgan fingerprint density at radius 3 is 2.46 bits per heavy atom. The number of aliphatic hydroxyl groups is 1. The van der Waals surface area contributed by atoms with Crippen molar-refractivity contribution in [2.45, 2.75) is 50.5 Å². The molecule has 3 rings (SSSR count). The van der Waals surface area contributed by atoms with Gasteiger partial charge in [-0.3, -0.25) is 4.90 Å². The molecule has 2 aromatic rings. The summed E-state index contributed by atoms with van der Waals surface area (Å²) in [4.78, 5) is 2.36. The smallest absolute Gasteiger partial charge is 0.136 e. The van der Waals surface area contributed by atoms with E-state index in [0.717, 1.165) is 38.3 Å². The number of furan rings is 1. The lowest BCUT2D eigenvalue weighted by Gasteiger charge is -2.25. The molecule has 0 amide bonds. The molecule has 4 heteroatoms. The van der Waals surface area contributed by atoms with Crippen LogP contribution in [0.2, 0.25) is 0 Å². The van der Waals surface area contributed by atoms with Gasteiger partial charge in [0.05, 0.1) is 12.6 Å². The molecule has 28 heavy (non-hydrogen) atoms. The first-order valence-electron chi connectivity index (χ1n) is 10.0. The van der Waals surface area contributed by atoms with Crippen LogP contribution in [0.1, 0.15) is 42.8 Å².